The summed E-state index contributed by atoms with van der Waals surface area (Å²) >= 11 is 0. The van der Waals surface area contributed by atoms with Gasteiger partial charge in [0.1, 0.15) is 6.04 Å². The second-order valence-corrected chi connectivity index (χ2v) is 3.65. The van der Waals surface area contributed by atoms with E-state index in [1.807, 2.05) is 6.07 Å². The van der Waals surface area contributed by atoms with Crippen molar-refractivity contribution in [3.05, 3.63) is 35.4 Å². The number of nitriles is 1. The Kier molecular flexibility index (Phi) is 2.68. The summed E-state index contributed by atoms with van der Waals surface area (Å²) < 4.78 is 31.2. The zero-order chi connectivity index (χ0) is 12.5. The number of halogens is 2. The van der Waals surface area contributed by atoms with Gasteiger partial charge in [0.05, 0.1) is 11.6 Å². The second-order valence-electron chi connectivity index (χ2n) is 3.65. The Morgan fingerprint density at radius 1 is 1.41 bits per heavy atom. The van der Waals surface area contributed by atoms with E-state index in [-0.39, 0.29) is 5.56 Å². The Morgan fingerprint density at radius 2 is 2.06 bits per heavy atom. The van der Waals surface area contributed by atoms with Crippen LogP contribution in [0.4, 0.5) is 13.6 Å². The lowest BCUT2D eigenvalue weighted by Crippen LogP contribution is -2.49. The Bertz CT molecular complexity index is 479. The van der Waals surface area contributed by atoms with E-state index < -0.39 is 24.7 Å². The molecule has 1 aromatic rings. The zero-order valence-electron chi connectivity index (χ0n) is 8.61. The topological polar surface area (TPSA) is 62.1 Å². The fraction of sp³-hybridized carbons (Fsp3) is 0.273. The molecule has 0 bridgehead atoms. The predicted octanol–water partition coefficient (Wildman–Crippen LogP) is 1.97. The van der Waals surface area contributed by atoms with Crippen molar-refractivity contribution in [2.75, 3.05) is 6.61 Å². The van der Waals surface area contributed by atoms with Gasteiger partial charge in [0.2, 0.25) is 0 Å². The van der Waals surface area contributed by atoms with Crippen LogP contribution in [0.3, 0.4) is 0 Å². The summed E-state index contributed by atoms with van der Waals surface area (Å²) in [7, 11) is 0. The minimum atomic E-state index is -3.16. The monoisotopic (exact) mass is 238 g/mol. The van der Waals surface area contributed by atoms with Crippen LogP contribution in [0.1, 0.15) is 17.2 Å². The maximum absolute atomic E-state index is 13.5. The summed E-state index contributed by atoms with van der Waals surface area (Å²) in [6, 6.07) is 6.10. The molecule has 4 nitrogen and oxygen atoms in total. The van der Waals surface area contributed by atoms with Gasteiger partial charge in [-0.05, 0) is 17.7 Å². The maximum atomic E-state index is 13.5. The molecule has 1 amide bonds. The van der Waals surface area contributed by atoms with Gasteiger partial charge in [-0.3, -0.25) is 0 Å². The lowest BCUT2D eigenvalue weighted by Gasteiger charge is -2.31. The quantitative estimate of drug-likeness (QED) is 0.813. The molecular weight excluding hydrogens is 230 g/mol. The van der Waals surface area contributed by atoms with Crippen LogP contribution in [0.2, 0.25) is 0 Å². The number of cyclic esters (lactones) is 1. The number of ether oxygens (including phenoxy) is 1. The highest BCUT2D eigenvalue weighted by atomic mass is 19.3. The molecule has 1 saturated heterocycles. The minimum Gasteiger partial charge on any atom is -0.443 e. The van der Waals surface area contributed by atoms with Crippen molar-refractivity contribution >= 4 is 6.09 Å². The molecule has 0 radical (unpaired) electrons. The molecule has 1 aliphatic rings. The number of carbonyl (C=O) groups is 1. The average molecular weight is 238 g/mol. The van der Waals surface area contributed by atoms with Gasteiger partial charge < -0.3 is 10.1 Å². The van der Waals surface area contributed by atoms with Gasteiger partial charge in [-0.1, -0.05) is 12.1 Å². The SMILES string of the molecule is N#Cc1ccc([C@H]2NC(=O)OCC2(F)F)cc1. The molecule has 1 fully saturated rings. The Balaban J connectivity index is 2.30. The molecule has 1 N–H and O–H groups in total. The van der Waals surface area contributed by atoms with Crippen LogP contribution in [0.25, 0.3) is 0 Å². The van der Waals surface area contributed by atoms with Crippen molar-refractivity contribution in [1.29, 1.82) is 5.26 Å². The van der Waals surface area contributed by atoms with Gasteiger partial charge >= 0.3 is 12.0 Å². The van der Waals surface area contributed by atoms with E-state index in [1.165, 1.54) is 24.3 Å². The molecule has 0 unspecified atom stereocenters. The standard InChI is InChI=1S/C11H8F2N2O2/c12-11(13)6-17-10(16)15-9(11)8-3-1-7(5-14)2-4-8/h1-4,9H,6H2,(H,15,16)/t9-/m1/s1. The van der Waals surface area contributed by atoms with E-state index in [2.05, 4.69) is 10.1 Å². The van der Waals surface area contributed by atoms with Crippen molar-refractivity contribution in [2.24, 2.45) is 0 Å². The summed E-state index contributed by atoms with van der Waals surface area (Å²) in [4.78, 5) is 10.9. The number of alkyl halides is 2. The predicted molar refractivity (Wildman–Crippen MR) is 53.3 cm³/mol. The van der Waals surface area contributed by atoms with Gasteiger partial charge in [-0.15, -0.1) is 0 Å². The molecule has 2 rings (SSSR count). The number of nitrogens with zero attached hydrogens (tertiary/aromatic N) is 1. The van der Waals surface area contributed by atoms with E-state index in [9.17, 15) is 13.6 Å². The molecule has 0 aliphatic carbocycles. The normalized spacial score (nSPS) is 22.2. The second kappa shape index (κ2) is 4.01. The third kappa shape index (κ3) is 2.18. The van der Waals surface area contributed by atoms with Gasteiger partial charge in [-0.2, -0.15) is 5.26 Å². The Labute approximate surface area is 95.8 Å². The van der Waals surface area contributed by atoms with Crippen molar-refractivity contribution in [3.63, 3.8) is 0 Å². The van der Waals surface area contributed by atoms with Crippen LogP contribution in [-0.4, -0.2) is 18.6 Å². The molecule has 1 aromatic carbocycles. The van der Waals surface area contributed by atoms with Gasteiger partial charge in [0, 0.05) is 0 Å². The van der Waals surface area contributed by atoms with Crippen molar-refractivity contribution < 1.29 is 18.3 Å². The fourth-order valence-corrected chi connectivity index (χ4v) is 1.59. The lowest BCUT2D eigenvalue weighted by atomic mass is 9.99. The zero-order valence-corrected chi connectivity index (χ0v) is 8.61. The van der Waals surface area contributed by atoms with Gasteiger partial charge in [0.15, 0.2) is 6.61 Å². The first kappa shape index (κ1) is 11.3. The number of rotatable bonds is 1. The van der Waals surface area contributed by atoms with E-state index >= 15 is 0 Å². The Hall–Kier alpha value is -2.16. The van der Waals surface area contributed by atoms with Gasteiger partial charge in [-0.25, -0.2) is 13.6 Å². The average Bonchev–Trinajstić information content (AvgIpc) is 2.33. The van der Waals surface area contributed by atoms with Crippen LogP contribution in [0, 0.1) is 11.3 Å². The van der Waals surface area contributed by atoms with Crippen LogP contribution in [0.5, 0.6) is 0 Å². The summed E-state index contributed by atoms with van der Waals surface area (Å²) in [6.07, 6.45) is -0.870. The largest absolute Gasteiger partial charge is 0.443 e. The first-order valence-electron chi connectivity index (χ1n) is 4.84. The number of benzene rings is 1. The number of nitrogens with one attached hydrogen (secondary N) is 1. The molecule has 0 saturated carbocycles. The van der Waals surface area contributed by atoms with Crippen LogP contribution >= 0.6 is 0 Å². The summed E-state index contributed by atoms with van der Waals surface area (Å²) in [5.41, 5.74) is 0.612. The third-order valence-electron chi connectivity index (χ3n) is 2.45. The molecule has 1 heterocycles. The number of alkyl carbamates (subject to hydrolysis) is 1. The van der Waals surface area contributed by atoms with E-state index in [0.717, 1.165) is 0 Å². The molecular formula is C11H8F2N2O2. The van der Waals surface area contributed by atoms with E-state index in [4.69, 9.17) is 5.26 Å². The molecule has 0 spiro atoms. The third-order valence-corrected chi connectivity index (χ3v) is 2.45. The molecule has 17 heavy (non-hydrogen) atoms. The summed E-state index contributed by atoms with van der Waals surface area (Å²) in [5, 5.41) is 10.7. The number of amides is 1. The van der Waals surface area contributed by atoms with Crippen LogP contribution in [0.15, 0.2) is 24.3 Å². The maximum Gasteiger partial charge on any atom is 0.408 e. The van der Waals surface area contributed by atoms with E-state index in [1.54, 1.807) is 0 Å². The summed E-state index contributed by atoms with van der Waals surface area (Å²) in [6.45, 7) is -0.941. The highest BCUT2D eigenvalue weighted by molar-refractivity contribution is 5.69. The summed E-state index contributed by atoms with van der Waals surface area (Å²) in [5.74, 6) is -3.16. The van der Waals surface area contributed by atoms with Gasteiger partial charge in [0.25, 0.3) is 0 Å². The lowest BCUT2D eigenvalue weighted by molar-refractivity contribution is -0.104. The first-order valence-corrected chi connectivity index (χ1v) is 4.84. The number of hydrogen-bond donors (Lipinski definition) is 1. The fourth-order valence-electron chi connectivity index (χ4n) is 1.59. The Morgan fingerprint density at radius 3 is 2.65 bits per heavy atom. The molecule has 6 heteroatoms. The number of hydrogen-bond acceptors (Lipinski definition) is 3. The van der Waals surface area contributed by atoms with Crippen LogP contribution in [-0.2, 0) is 4.74 Å². The first-order chi connectivity index (χ1) is 8.03. The molecule has 1 atom stereocenters. The highest BCUT2D eigenvalue weighted by Gasteiger charge is 2.46. The smallest absolute Gasteiger partial charge is 0.408 e. The minimum absolute atomic E-state index is 0.241. The van der Waals surface area contributed by atoms with Crippen molar-refractivity contribution in [3.8, 4) is 6.07 Å². The van der Waals surface area contributed by atoms with Crippen molar-refractivity contribution in [2.45, 2.75) is 12.0 Å². The van der Waals surface area contributed by atoms with E-state index in [0.29, 0.717) is 5.56 Å². The molecule has 0 aromatic heterocycles. The highest BCUT2D eigenvalue weighted by Crippen LogP contribution is 2.34. The van der Waals surface area contributed by atoms with Crippen LogP contribution < -0.4 is 5.32 Å². The van der Waals surface area contributed by atoms with Crippen molar-refractivity contribution in [1.82, 2.24) is 5.32 Å². The number of carbonyl (C=O) groups excluding carboxylic acids is 1. The molecule has 88 valence electrons. The molecule has 1 aliphatic heterocycles.